The van der Waals surface area contributed by atoms with Gasteiger partial charge in [0, 0.05) is 36.0 Å². The molecule has 190 valence electrons. The molecule has 2 fully saturated rings. The Bertz CT molecular complexity index is 1450. The summed E-state index contributed by atoms with van der Waals surface area (Å²) in [5.74, 6) is 2.54. The predicted octanol–water partition coefficient (Wildman–Crippen LogP) is 5.63. The molecule has 2 N–H and O–H groups in total. The van der Waals surface area contributed by atoms with Crippen molar-refractivity contribution in [1.82, 2.24) is 24.9 Å². The van der Waals surface area contributed by atoms with Crippen LogP contribution in [0.3, 0.4) is 0 Å². The smallest absolute Gasteiger partial charge is 0.251 e. The van der Waals surface area contributed by atoms with E-state index in [-0.39, 0.29) is 5.91 Å². The molecule has 0 aliphatic heterocycles. The molecule has 8 nitrogen and oxygen atoms in total. The van der Waals surface area contributed by atoms with Crippen LogP contribution in [0.5, 0.6) is 11.6 Å². The molecule has 0 saturated heterocycles. The van der Waals surface area contributed by atoms with E-state index in [2.05, 4.69) is 34.6 Å². The van der Waals surface area contributed by atoms with Crippen molar-refractivity contribution in [3.63, 3.8) is 0 Å². The molecule has 37 heavy (non-hydrogen) atoms. The molecule has 4 aromatic rings. The van der Waals surface area contributed by atoms with Gasteiger partial charge in [0.1, 0.15) is 11.6 Å². The molecule has 6 rings (SSSR count). The second-order valence-electron chi connectivity index (χ2n) is 11.2. The molecule has 0 radical (unpaired) electrons. The molecule has 8 heteroatoms. The Morgan fingerprint density at radius 1 is 1.16 bits per heavy atom. The van der Waals surface area contributed by atoms with Crippen LogP contribution in [0.25, 0.3) is 16.8 Å². The van der Waals surface area contributed by atoms with Crippen molar-refractivity contribution in [3.8, 4) is 22.8 Å². The molecular formula is C29H32N6O2. The van der Waals surface area contributed by atoms with Gasteiger partial charge in [-0.15, -0.1) is 0 Å². The Morgan fingerprint density at radius 3 is 2.70 bits per heavy atom. The van der Waals surface area contributed by atoms with Crippen LogP contribution >= 0.6 is 0 Å². The summed E-state index contributed by atoms with van der Waals surface area (Å²) in [5, 5.41) is 11.3. The lowest BCUT2D eigenvalue weighted by Crippen LogP contribution is -2.36. The number of benzene rings is 1. The number of hydrogen-bond donors (Lipinski definition) is 2. The SMILES string of the molecule is Cc1cc(-c2cnn3c(NCC4CC(C)(C)C4)cc(Oc4cccnc4)nc23)ccc1C(=O)NC1CC1. The predicted molar refractivity (Wildman–Crippen MR) is 143 cm³/mol. The number of aryl methyl sites for hydroxylation is 1. The first kappa shape index (κ1) is 23.5. The molecule has 0 atom stereocenters. The Hall–Kier alpha value is -3.94. The molecule has 1 amide bonds. The highest BCUT2D eigenvalue weighted by Gasteiger charge is 2.35. The van der Waals surface area contributed by atoms with E-state index in [0.29, 0.717) is 40.2 Å². The highest BCUT2D eigenvalue weighted by molar-refractivity contribution is 5.97. The molecule has 2 aliphatic carbocycles. The summed E-state index contributed by atoms with van der Waals surface area (Å²) >= 11 is 0. The molecule has 2 aliphatic rings. The number of nitrogens with one attached hydrogen (secondary N) is 2. The molecule has 3 heterocycles. The van der Waals surface area contributed by atoms with Crippen molar-refractivity contribution in [1.29, 1.82) is 0 Å². The average Bonchev–Trinajstić information content (AvgIpc) is 3.57. The molecule has 0 unspecified atom stereocenters. The zero-order chi connectivity index (χ0) is 25.6. The van der Waals surface area contributed by atoms with Crippen molar-refractivity contribution < 1.29 is 9.53 Å². The zero-order valence-electron chi connectivity index (χ0n) is 21.5. The number of carbonyl (C=O) groups is 1. The van der Waals surface area contributed by atoms with E-state index >= 15 is 0 Å². The number of anilines is 1. The average molecular weight is 497 g/mol. The summed E-state index contributed by atoms with van der Waals surface area (Å²) in [4.78, 5) is 21.6. The standard InChI is InChI=1S/C29H32N6O2/c1-18-11-20(6-9-23(18)28(36)33-21-7-8-21)24-17-32-35-25(31-15-19-13-29(2,3)14-19)12-26(34-27(24)35)37-22-5-4-10-30-16-22/h4-6,9-12,16-17,19,21,31H,7-8,13-15H2,1-3H3,(H,33,36). The third-order valence-corrected chi connectivity index (χ3v) is 7.25. The van der Waals surface area contributed by atoms with Crippen LogP contribution in [0.2, 0.25) is 0 Å². The molecule has 3 aromatic heterocycles. The van der Waals surface area contributed by atoms with Crippen molar-refractivity contribution in [2.24, 2.45) is 11.3 Å². The lowest BCUT2D eigenvalue weighted by Gasteiger charge is -2.42. The first-order valence-corrected chi connectivity index (χ1v) is 13.0. The summed E-state index contributed by atoms with van der Waals surface area (Å²) in [6.07, 6.45) is 9.75. The highest BCUT2D eigenvalue weighted by Crippen LogP contribution is 2.44. The molecule has 1 aromatic carbocycles. The Balaban J connectivity index is 1.33. The Morgan fingerprint density at radius 2 is 2.00 bits per heavy atom. The minimum Gasteiger partial charge on any atom is -0.437 e. The van der Waals surface area contributed by atoms with Gasteiger partial charge in [0.25, 0.3) is 5.91 Å². The monoisotopic (exact) mass is 496 g/mol. The first-order valence-electron chi connectivity index (χ1n) is 13.0. The van der Waals surface area contributed by atoms with Crippen molar-refractivity contribution in [3.05, 3.63) is 66.1 Å². The van der Waals surface area contributed by atoms with E-state index in [1.807, 2.05) is 54.0 Å². The second kappa shape index (κ2) is 9.18. The second-order valence-corrected chi connectivity index (χ2v) is 11.2. The largest absolute Gasteiger partial charge is 0.437 e. The lowest BCUT2D eigenvalue weighted by atomic mass is 9.64. The minimum atomic E-state index is -0.0117. The van der Waals surface area contributed by atoms with Gasteiger partial charge in [0.2, 0.25) is 5.88 Å². The van der Waals surface area contributed by atoms with Gasteiger partial charge in [-0.3, -0.25) is 9.78 Å². The van der Waals surface area contributed by atoms with E-state index in [9.17, 15) is 4.79 Å². The van der Waals surface area contributed by atoms with Gasteiger partial charge in [0.05, 0.1) is 12.4 Å². The fourth-order valence-electron chi connectivity index (χ4n) is 5.32. The number of fused-ring (bicyclic) bond motifs is 1. The summed E-state index contributed by atoms with van der Waals surface area (Å²) in [6.45, 7) is 7.47. The third-order valence-electron chi connectivity index (χ3n) is 7.25. The van der Waals surface area contributed by atoms with Crippen LogP contribution in [0.15, 0.2) is 55.0 Å². The number of nitrogens with zero attached hydrogens (tertiary/aromatic N) is 4. The van der Waals surface area contributed by atoms with Gasteiger partial charge >= 0.3 is 0 Å². The number of rotatable bonds is 8. The third kappa shape index (κ3) is 5.01. The van der Waals surface area contributed by atoms with E-state index in [1.165, 1.54) is 12.8 Å². The van der Waals surface area contributed by atoms with Crippen molar-refractivity contribution in [2.75, 3.05) is 11.9 Å². The summed E-state index contributed by atoms with van der Waals surface area (Å²) in [6, 6.07) is 11.8. The maximum atomic E-state index is 12.6. The van der Waals surface area contributed by atoms with Crippen molar-refractivity contribution in [2.45, 2.75) is 52.5 Å². The van der Waals surface area contributed by atoms with Crippen LogP contribution in [0, 0.1) is 18.3 Å². The maximum Gasteiger partial charge on any atom is 0.251 e. The summed E-state index contributed by atoms with van der Waals surface area (Å²) in [5.41, 5.74) is 4.56. The number of carbonyl (C=O) groups excluding carboxylic acids is 1. The fraction of sp³-hybridized carbons (Fsp3) is 0.379. The van der Waals surface area contributed by atoms with Crippen LogP contribution in [-0.2, 0) is 0 Å². The van der Waals surface area contributed by atoms with E-state index < -0.39 is 0 Å². The number of pyridine rings is 1. The van der Waals surface area contributed by atoms with Crippen molar-refractivity contribution >= 4 is 17.4 Å². The van der Waals surface area contributed by atoms with Gasteiger partial charge in [-0.05, 0) is 73.3 Å². The molecular weight excluding hydrogens is 464 g/mol. The Kier molecular flexibility index (Phi) is 5.82. The molecule has 2 saturated carbocycles. The van der Waals surface area contributed by atoms with Crippen LogP contribution in [0.4, 0.5) is 5.82 Å². The number of amides is 1. The van der Waals surface area contributed by atoms with Crippen LogP contribution in [0.1, 0.15) is 55.5 Å². The van der Waals surface area contributed by atoms with Gasteiger partial charge in [-0.25, -0.2) is 0 Å². The van der Waals surface area contributed by atoms with E-state index in [4.69, 9.17) is 9.72 Å². The molecule has 0 bridgehead atoms. The number of aromatic nitrogens is 4. The topological polar surface area (TPSA) is 93.4 Å². The van der Waals surface area contributed by atoms with Gasteiger partial charge in [0.15, 0.2) is 5.65 Å². The van der Waals surface area contributed by atoms with Gasteiger partial charge < -0.3 is 15.4 Å². The van der Waals surface area contributed by atoms with E-state index in [1.54, 1.807) is 12.4 Å². The summed E-state index contributed by atoms with van der Waals surface area (Å²) < 4.78 is 7.91. The minimum absolute atomic E-state index is 0.0117. The normalized spacial score (nSPS) is 16.8. The number of ether oxygens (including phenoxy) is 1. The summed E-state index contributed by atoms with van der Waals surface area (Å²) in [7, 11) is 0. The number of hydrogen-bond acceptors (Lipinski definition) is 6. The zero-order valence-corrected chi connectivity index (χ0v) is 21.5. The first-order chi connectivity index (χ1) is 17.8. The molecule has 0 spiro atoms. The van der Waals surface area contributed by atoms with Crippen LogP contribution < -0.4 is 15.4 Å². The Labute approximate surface area is 216 Å². The quantitative estimate of drug-likeness (QED) is 0.328. The van der Waals surface area contributed by atoms with E-state index in [0.717, 1.165) is 41.9 Å². The maximum absolute atomic E-state index is 12.6. The lowest BCUT2D eigenvalue weighted by molar-refractivity contribution is 0.0950. The highest BCUT2D eigenvalue weighted by atomic mass is 16.5. The van der Waals surface area contributed by atoms with Gasteiger partial charge in [-0.2, -0.15) is 14.6 Å². The van der Waals surface area contributed by atoms with Gasteiger partial charge in [-0.1, -0.05) is 26.0 Å². The van der Waals surface area contributed by atoms with Crippen LogP contribution in [-0.4, -0.2) is 38.1 Å². The fourth-order valence-corrected chi connectivity index (χ4v) is 5.32.